The van der Waals surface area contributed by atoms with Crippen LogP contribution in [0.5, 0.6) is 0 Å². The molecule has 20 heavy (non-hydrogen) atoms. The monoisotopic (exact) mass is 271 g/mol. The number of benzene rings is 1. The molecule has 1 fully saturated rings. The Hall–Kier alpha value is -1.87. The lowest BCUT2D eigenvalue weighted by atomic mass is 10.1. The van der Waals surface area contributed by atoms with Gasteiger partial charge in [-0.25, -0.2) is 0 Å². The topological polar surface area (TPSA) is 38.3 Å². The van der Waals surface area contributed by atoms with E-state index in [0.29, 0.717) is 12.5 Å². The molecule has 0 bridgehead atoms. The molecule has 3 nitrogen and oxygen atoms in total. The second-order valence-corrected chi connectivity index (χ2v) is 4.95. The van der Waals surface area contributed by atoms with Crippen LogP contribution in [0.2, 0.25) is 0 Å². The SMILES string of the molecule is O=C(C=CC=CCc1ccccc1)NCC1CCOC1. The quantitative estimate of drug-likeness (QED) is 0.637. The fourth-order valence-corrected chi connectivity index (χ4v) is 2.09. The molecule has 1 amide bonds. The molecule has 1 unspecified atom stereocenters. The number of allylic oxidation sites excluding steroid dienone is 3. The van der Waals surface area contributed by atoms with Crippen molar-refractivity contribution in [2.45, 2.75) is 12.8 Å². The van der Waals surface area contributed by atoms with E-state index in [-0.39, 0.29) is 5.91 Å². The zero-order valence-electron chi connectivity index (χ0n) is 11.6. The summed E-state index contributed by atoms with van der Waals surface area (Å²) in [5, 5.41) is 2.89. The van der Waals surface area contributed by atoms with Gasteiger partial charge in [0.25, 0.3) is 0 Å². The Bertz CT molecular complexity index is 459. The first kappa shape index (κ1) is 14.5. The van der Waals surface area contributed by atoms with Crippen LogP contribution in [0.1, 0.15) is 12.0 Å². The van der Waals surface area contributed by atoms with Crippen LogP contribution in [0.4, 0.5) is 0 Å². The molecule has 0 aromatic heterocycles. The first-order chi connectivity index (χ1) is 9.84. The largest absolute Gasteiger partial charge is 0.381 e. The van der Waals surface area contributed by atoms with E-state index < -0.39 is 0 Å². The fourth-order valence-electron chi connectivity index (χ4n) is 2.09. The number of hydrogen-bond acceptors (Lipinski definition) is 2. The molecule has 3 heteroatoms. The molecule has 0 radical (unpaired) electrons. The van der Waals surface area contributed by atoms with Gasteiger partial charge in [-0.05, 0) is 18.4 Å². The molecular weight excluding hydrogens is 250 g/mol. The van der Waals surface area contributed by atoms with E-state index in [2.05, 4.69) is 17.4 Å². The normalized spacial score (nSPS) is 18.9. The van der Waals surface area contributed by atoms with Gasteiger partial charge in [0.15, 0.2) is 0 Å². The van der Waals surface area contributed by atoms with Crippen molar-refractivity contribution in [1.82, 2.24) is 5.32 Å². The molecule has 1 aliphatic heterocycles. The zero-order chi connectivity index (χ0) is 14.0. The summed E-state index contributed by atoms with van der Waals surface area (Å²) < 4.78 is 5.26. The van der Waals surface area contributed by atoms with Crippen LogP contribution < -0.4 is 5.32 Å². The smallest absolute Gasteiger partial charge is 0.243 e. The lowest BCUT2D eigenvalue weighted by Gasteiger charge is -2.06. The molecule has 1 heterocycles. The number of rotatable bonds is 6. The third-order valence-electron chi connectivity index (χ3n) is 3.28. The second-order valence-electron chi connectivity index (χ2n) is 4.95. The number of carbonyl (C=O) groups excluding carboxylic acids is 1. The fraction of sp³-hybridized carbons (Fsp3) is 0.353. The summed E-state index contributed by atoms with van der Waals surface area (Å²) in [4.78, 5) is 11.6. The Morgan fingerprint density at radius 1 is 1.30 bits per heavy atom. The average Bonchev–Trinajstić information content (AvgIpc) is 2.99. The average molecular weight is 271 g/mol. The minimum Gasteiger partial charge on any atom is -0.381 e. The van der Waals surface area contributed by atoms with E-state index in [1.165, 1.54) is 5.56 Å². The van der Waals surface area contributed by atoms with Crippen LogP contribution in [0.3, 0.4) is 0 Å². The van der Waals surface area contributed by atoms with Gasteiger partial charge in [0, 0.05) is 25.1 Å². The minimum absolute atomic E-state index is 0.0405. The number of ether oxygens (including phenoxy) is 1. The number of amides is 1. The van der Waals surface area contributed by atoms with Gasteiger partial charge in [-0.1, -0.05) is 48.6 Å². The minimum atomic E-state index is -0.0405. The van der Waals surface area contributed by atoms with Gasteiger partial charge < -0.3 is 10.1 Å². The molecule has 1 atom stereocenters. The van der Waals surface area contributed by atoms with Crippen molar-refractivity contribution >= 4 is 5.91 Å². The van der Waals surface area contributed by atoms with Crippen LogP contribution in [0, 0.1) is 5.92 Å². The standard InChI is InChI=1S/C17H21NO2/c19-17(18-13-16-11-12-20-14-16)10-6-2-5-9-15-7-3-1-4-8-15/h1-8,10,16H,9,11-14H2,(H,18,19). The Labute approximate surface area is 120 Å². The predicted octanol–water partition coefficient (Wildman–Crippen LogP) is 2.49. The summed E-state index contributed by atoms with van der Waals surface area (Å²) >= 11 is 0. The molecule has 0 spiro atoms. The summed E-state index contributed by atoms with van der Waals surface area (Å²) in [5.41, 5.74) is 1.27. The highest BCUT2D eigenvalue weighted by atomic mass is 16.5. The second kappa shape index (κ2) is 8.33. The van der Waals surface area contributed by atoms with Crippen molar-refractivity contribution < 1.29 is 9.53 Å². The molecule has 106 valence electrons. The molecule has 0 saturated carbocycles. The summed E-state index contributed by atoms with van der Waals surface area (Å²) in [5.74, 6) is 0.433. The molecule has 0 aliphatic carbocycles. The predicted molar refractivity (Wildman–Crippen MR) is 80.4 cm³/mol. The highest BCUT2D eigenvalue weighted by Crippen LogP contribution is 2.10. The number of carbonyl (C=O) groups is 1. The van der Waals surface area contributed by atoms with Crippen LogP contribution >= 0.6 is 0 Å². The van der Waals surface area contributed by atoms with Crippen LogP contribution in [-0.2, 0) is 16.0 Å². The van der Waals surface area contributed by atoms with E-state index in [4.69, 9.17) is 4.74 Å². The third-order valence-corrected chi connectivity index (χ3v) is 3.28. The molecule has 2 rings (SSSR count). The van der Waals surface area contributed by atoms with E-state index >= 15 is 0 Å². The maximum absolute atomic E-state index is 11.6. The van der Waals surface area contributed by atoms with Crippen molar-refractivity contribution in [3.05, 3.63) is 60.2 Å². The summed E-state index contributed by atoms with van der Waals surface area (Å²) in [7, 11) is 0. The molecule has 1 aromatic carbocycles. The maximum atomic E-state index is 11.6. The highest BCUT2D eigenvalue weighted by molar-refractivity contribution is 5.87. The van der Waals surface area contributed by atoms with Gasteiger partial charge in [-0.3, -0.25) is 4.79 Å². The van der Waals surface area contributed by atoms with Crippen LogP contribution in [-0.4, -0.2) is 25.7 Å². The first-order valence-corrected chi connectivity index (χ1v) is 7.07. The number of nitrogens with one attached hydrogen (secondary N) is 1. The molecular formula is C17H21NO2. The maximum Gasteiger partial charge on any atom is 0.243 e. The summed E-state index contributed by atoms with van der Waals surface area (Å²) in [6.07, 6.45) is 9.23. The Morgan fingerprint density at radius 2 is 2.15 bits per heavy atom. The zero-order valence-corrected chi connectivity index (χ0v) is 11.6. The van der Waals surface area contributed by atoms with Crippen molar-refractivity contribution in [2.24, 2.45) is 5.92 Å². The van der Waals surface area contributed by atoms with Crippen molar-refractivity contribution in [3.63, 3.8) is 0 Å². The van der Waals surface area contributed by atoms with E-state index in [9.17, 15) is 4.79 Å². The Kier molecular flexibility index (Phi) is 6.06. The lowest BCUT2D eigenvalue weighted by Crippen LogP contribution is -2.27. The van der Waals surface area contributed by atoms with Gasteiger partial charge >= 0.3 is 0 Å². The van der Waals surface area contributed by atoms with E-state index in [1.807, 2.05) is 30.4 Å². The van der Waals surface area contributed by atoms with Crippen LogP contribution in [0.15, 0.2) is 54.6 Å². The third kappa shape index (κ3) is 5.41. The van der Waals surface area contributed by atoms with Gasteiger partial charge in [-0.2, -0.15) is 0 Å². The number of hydrogen-bond donors (Lipinski definition) is 1. The van der Waals surface area contributed by atoms with Crippen molar-refractivity contribution in [2.75, 3.05) is 19.8 Å². The molecule has 1 aliphatic rings. The van der Waals surface area contributed by atoms with Gasteiger partial charge in [0.05, 0.1) is 6.61 Å². The molecule has 1 saturated heterocycles. The Balaban J connectivity index is 1.63. The Morgan fingerprint density at radius 3 is 2.90 bits per heavy atom. The lowest BCUT2D eigenvalue weighted by molar-refractivity contribution is -0.116. The van der Waals surface area contributed by atoms with Gasteiger partial charge in [0.1, 0.15) is 0 Å². The summed E-state index contributed by atoms with van der Waals surface area (Å²) in [6.45, 7) is 2.29. The van der Waals surface area contributed by atoms with Crippen molar-refractivity contribution in [3.8, 4) is 0 Å². The molecule has 1 N–H and O–H groups in total. The van der Waals surface area contributed by atoms with E-state index in [1.54, 1.807) is 12.2 Å². The van der Waals surface area contributed by atoms with E-state index in [0.717, 1.165) is 26.1 Å². The van der Waals surface area contributed by atoms with Gasteiger partial charge in [-0.15, -0.1) is 0 Å². The summed E-state index contributed by atoms with van der Waals surface area (Å²) in [6, 6.07) is 10.2. The first-order valence-electron chi connectivity index (χ1n) is 7.07. The van der Waals surface area contributed by atoms with Crippen LogP contribution in [0.25, 0.3) is 0 Å². The highest BCUT2D eigenvalue weighted by Gasteiger charge is 2.15. The molecule has 1 aromatic rings. The van der Waals surface area contributed by atoms with Gasteiger partial charge in [0.2, 0.25) is 5.91 Å². The van der Waals surface area contributed by atoms with Crippen molar-refractivity contribution in [1.29, 1.82) is 0 Å².